The van der Waals surface area contributed by atoms with Crippen LogP contribution in [0.5, 0.6) is 0 Å². The summed E-state index contributed by atoms with van der Waals surface area (Å²) >= 11 is 11.3. The summed E-state index contributed by atoms with van der Waals surface area (Å²) in [5, 5.41) is 0.623. The number of aromatic nitrogens is 3. The van der Waals surface area contributed by atoms with Gasteiger partial charge in [0.05, 0.1) is 11.4 Å². The van der Waals surface area contributed by atoms with Gasteiger partial charge in [0, 0.05) is 22.8 Å². The third kappa shape index (κ3) is 3.89. The number of aryl methyl sites for hydroxylation is 1. The predicted octanol–water partition coefficient (Wildman–Crippen LogP) is 4.95. The Morgan fingerprint density at radius 2 is 2.00 bits per heavy atom. The molecular weight excluding hydrogens is 354 g/mol. The van der Waals surface area contributed by atoms with Crippen molar-refractivity contribution in [1.29, 1.82) is 0 Å². The lowest BCUT2D eigenvalue weighted by molar-refractivity contribution is 0.794. The molecule has 0 fully saturated rings. The van der Waals surface area contributed by atoms with Crippen LogP contribution in [0.15, 0.2) is 53.7 Å². The monoisotopic (exact) mass is 371 g/mol. The number of nitrogens with one attached hydrogen (secondary N) is 1. The Balaban J connectivity index is 2.06. The quantitative estimate of drug-likeness (QED) is 0.645. The molecular formula is C19H18ClN3OS. The fourth-order valence-electron chi connectivity index (χ4n) is 2.71. The minimum absolute atomic E-state index is 0.160. The molecule has 0 unspecified atom stereocenters. The van der Waals surface area contributed by atoms with Crippen molar-refractivity contribution in [2.45, 2.75) is 26.2 Å². The first-order valence-electron chi connectivity index (χ1n) is 8.15. The van der Waals surface area contributed by atoms with Crippen molar-refractivity contribution in [1.82, 2.24) is 14.5 Å². The van der Waals surface area contributed by atoms with Crippen LogP contribution in [-0.2, 0) is 6.42 Å². The zero-order chi connectivity index (χ0) is 17.8. The second-order valence-electron chi connectivity index (χ2n) is 5.77. The zero-order valence-corrected chi connectivity index (χ0v) is 15.4. The highest BCUT2D eigenvalue weighted by Gasteiger charge is 2.11. The van der Waals surface area contributed by atoms with E-state index in [0.29, 0.717) is 15.4 Å². The first-order chi connectivity index (χ1) is 12.1. The van der Waals surface area contributed by atoms with E-state index in [1.165, 1.54) is 17.0 Å². The number of rotatable bonds is 5. The second-order valence-corrected chi connectivity index (χ2v) is 6.61. The molecule has 4 nitrogen and oxygen atoms in total. The van der Waals surface area contributed by atoms with E-state index in [2.05, 4.69) is 16.9 Å². The van der Waals surface area contributed by atoms with E-state index in [9.17, 15) is 4.79 Å². The maximum absolute atomic E-state index is 12.6. The van der Waals surface area contributed by atoms with Gasteiger partial charge in [-0.05, 0) is 48.7 Å². The molecule has 0 radical (unpaired) electrons. The number of benzene rings is 1. The molecule has 1 aromatic carbocycles. The molecule has 0 amide bonds. The van der Waals surface area contributed by atoms with Crippen LogP contribution in [0.25, 0.3) is 16.9 Å². The third-order valence-electron chi connectivity index (χ3n) is 4.02. The highest BCUT2D eigenvalue weighted by molar-refractivity contribution is 7.71. The van der Waals surface area contributed by atoms with Gasteiger partial charge in [-0.1, -0.05) is 37.2 Å². The van der Waals surface area contributed by atoms with Crippen molar-refractivity contribution in [3.8, 4) is 16.9 Å². The molecule has 3 aromatic rings. The van der Waals surface area contributed by atoms with Crippen molar-refractivity contribution in [3.05, 3.63) is 74.5 Å². The third-order valence-corrected chi connectivity index (χ3v) is 4.59. The molecule has 128 valence electrons. The number of unbranched alkanes of at least 4 members (excludes halogenated alkanes) is 1. The number of hydrogen-bond donors (Lipinski definition) is 1. The van der Waals surface area contributed by atoms with E-state index in [1.807, 2.05) is 12.3 Å². The summed E-state index contributed by atoms with van der Waals surface area (Å²) in [5.74, 6) is 0. The van der Waals surface area contributed by atoms with E-state index < -0.39 is 0 Å². The van der Waals surface area contributed by atoms with Crippen LogP contribution >= 0.6 is 23.8 Å². The van der Waals surface area contributed by atoms with Crippen LogP contribution in [0.3, 0.4) is 0 Å². The lowest BCUT2D eigenvalue weighted by Crippen LogP contribution is -2.18. The number of H-pyrrole nitrogens is 1. The summed E-state index contributed by atoms with van der Waals surface area (Å²) in [7, 11) is 0. The van der Waals surface area contributed by atoms with E-state index in [4.69, 9.17) is 23.8 Å². The average Bonchev–Trinajstić information content (AvgIpc) is 2.61. The van der Waals surface area contributed by atoms with Crippen LogP contribution < -0.4 is 5.56 Å². The van der Waals surface area contributed by atoms with Gasteiger partial charge in [0.1, 0.15) is 11.0 Å². The van der Waals surface area contributed by atoms with Crippen LogP contribution in [-0.4, -0.2) is 14.5 Å². The lowest BCUT2D eigenvalue weighted by Gasteiger charge is -2.10. The van der Waals surface area contributed by atoms with E-state index in [-0.39, 0.29) is 5.56 Å². The number of aromatic amines is 1. The summed E-state index contributed by atoms with van der Waals surface area (Å²) < 4.78 is 2.09. The molecule has 0 saturated heterocycles. The highest BCUT2D eigenvalue weighted by Crippen LogP contribution is 2.23. The molecule has 25 heavy (non-hydrogen) atoms. The van der Waals surface area contributed by atoms with Crippen LogP contribution in [0.1, 0.15) is 25.3 Å². The normalized spacial score (nSPS) is 10.8. The van der Waals surface area contributed by atoms with Gasteiger partial charge in [-0.15, -0.1) is 0 Å². The molecule has 0 aliphatic carbocycles. The lowest BCUT2D eigenvalue weighted by atomic mass is 10.0. The van der Waals surface area contributed by atoms with Gasteiger partial charge in [-0.25, -0.2) is 4.98 Å². The maximum atomic E-state index is 12.6. The fraction of sp³-hybridized carbons (Fsp3) is 0.211. The first kappa shape index (κ1) is 17.6. The Kier molecular flexibility index (Phi) is 5.46. The average molecular weight is 372 g/mol. The molecule has 6 heteroatoms. The van der Waals surface area contributed by atoms with Crippen LogP contribution in [0, 0.1) is 4.64 Å². The van der Waals surface area contributed by atoms with Gasteiger partial charge in [0.25, 0.3) is 5.56 Å². The fourth-order valence-corrected chi connectivity index (χ4v) is 3.14. The van der Waals surface area contributed by atoms with Crippen molar-refractivity contribution in [2.24, 2.45) is 0 Å². The summed E-state index contributed by atoms with van der Waals surface area (Å²) in [6, 6.07) is 10.6. The highest BCUT2D eigenvalue weighted by atomic mass is 35.5. The molecule has 1 N–H and O–H groups in total. The summed E-state index contributed by atoms with van der Waals surface area (Å²) in [6.45, 7) is 2.15. The number of pyridine rings is 1. The predicted molar refractivity (Wildman–Crippen MR) is 104 cm³/mol. The SMILES string of the molecule is CCCCc1cc[nH]c(=S)c1-c1cc(=O)n(-c2ccc(Cl)cc2)cn1. The van der Waals surface area contributed by atoms with E-state index in [0.717, 1.165) is 36.1 Å². The molecule has 3 rings (SSSR count). The molecule has 2 aromatic heterocycles. The van der Waals surface area contributed by atoms with Crippen LogP contribution in [0.4, 0.5) is 0 Å². The van der Waals surface area contributed by atoms with Gasteiger partial charge in [-0.2, -0.15) is 0 Å². The first-order valence-corrected chi connectivity index (χ1v) is 8.94. The van der Waals surface area contributed by atoms with Crippen LogP contribution in [0.2, 0.25) is 5.02 Å². The Morgan fingerprint density at radius 3 is 2.68 bits per heavy atom. The Hall–Kier alpha value is -2.24. The summed E-state index contributed by atoms with van der Waals surface area (Å²) in [4.78, 5) is 20.1. The molecule has 0 bridgehead atoms. The van der Waals surface area contributed by atoms with Gasteiger partial charge >= 0.3 is 0 Å². The molecule has 0 saturated carbocycles. The van der Waals surface area contributed by atoms with Gasteiger partial charge < -0.3 is 4.98 Å². The van der Waals surface area contributed by atoms with E-state index >= 15 is 0 Å². The molecule has 0 atom stereocenters. The van der Waals surface area contributed by atoms with Crippen molar-refractivity contribution < 1.29 is 0 Å². The standard InChI is InChI=1S/C19H18ClN3OS/c1-2-3-4-13-9-10-21-19(25)18(13)16-11-17(24)23(12-22-16)15-7-5-14(20)6-8-15/h5-12H,2-4H2,1H3,(H,21,25). The van der Waals surface area contributed by atoms with E-state index in [1.54, 1.807) is 24.3 Å². The maximum Gasteiger partial charge on any atom is 0.258 e. The van der Waals surface area contributed by atoms with Crippen molar-refractivity contribution in [3.63, 3.8) is 0 Å². The molecule has 2 heterocycles. The molecule has 0 aliphatic heterocycles. The smallest absolute Gasteiger partial charge is 0.258 e. The summed E-state index contributed by atoms with van der Waals surface area (Å²) in [5.41, 5.74) is 3.11. The van der Waals surface area contributed by atoms with Gasteiger partial charge in [0.15, 0.2) is 0 Å². The minimum atomic E-state index is -0.160. The topological polar surface area (TPSA) is 50.7 Å². The van der Waals surface area contributed by atoms with Gasteiger partial charge in [-0.3, -0.25) is 9.36 Å². The number of halogens is 1. The zero-order valence-electron chi connectivity index (χ0n) is 13.8. The van der Waals surface area contributed by atoms with Crippen molar-refractivity contribution >= 4 is 23.8 Å². The Morgan fingerprint density at radius 1 is 1.24 bits per heavy atom. The minimum Gasteiger partial charge on any atom is -0.352 e. The molecule has 0 spiro atoms. The second kappa shape index (κ2) is 7.76. The van der Waals surface area contributed by atoms with Crippen molar-refractivity contribution in [2.75, 3.05) is 0 Å². The number of hydrogen-bond acceptors (Lipinski definition) is 3. The van der Waals surface area contributed by atoms with Gasteiger partial charge in [0.2, 0.25) is 0 Å². The largest absolute Gasteiger partial charge is 0.352 e. The molecule has 0 aliphatic rings. The number of nitrogens with zero attached hydrogens (tertiary/aromatic N) is 2. The Bertz CT molecular complexity index is 993. The Labute approximate surface area is 156 Å². The summed E-state index contributed by atoms with van der Waals surface area (Å²) in [6.07, 6.45) is 6.44.